The van der Waals surface area contributed by atoms with E-state index in [0.717, 1.165) is 28.9 Å². The quantitative estimate of drug-likeness (QED) is 0.155. The Kier molecular flexibility index (Phi) is 11.3. The molecule has 0 spiro atoms. The molecule has 3 aromatic rings. The van der Waals surface area contributed by atoms with Crippen molar-refractivity contribution in [1.82, 2.24) is 0 Å². The summed E-state index contributed by atoms with van der Waals surface area (Å²) in [5, 5.41) is 0. The van der Waals surface area contributed by atoms with Gasteiger partial charge in [-0.3, -0.25) is 0 Å². The molecule has 0 aliphatic heterocycles. The number of unbranched alkanes of at least 4 members (excludes halogenated alkanes) is 3. The number of hydrogen-bond donors (Lipinski definition) is 0. The number of carbonyl (C=O) groups excluding carboxylic acids is 1. The van der Waals surface area contributed by atoms with Crippen LogP contribution >= 0.6 is 0 Å². The first-order valence-corrected chi connectivity index (χ1v) is 13.4. The third-order valence-corrected chi connectivity index (χ3v) is 6.09. The van der Waals surface area contributed by atoms with Crippen molar-refractivity contribution in [3.63, 3.8) is 0 Å². The summed E-state index contributed by atoms with van der Waals surface area (Å²) in [6, 6.07) is 23.8. The largest absolute Gasteiger partial charge is 0.491 e. The van der Waals surface area contributed by atoms with Crippen molar-refractivity contribution in [2.45, 2.75) is 78.6 Å². The lowest BCUT2D eigenvalue weighted by atomic mass is 10.0. The van der Waals surface area contributed by atoms with Crippen molar-refractivity contribution in [3.8, 4) is 28.4 Å². The lowest BCUT2D eigenvalue weighted by Gasteiger charge is -2.18. The molecule has 3 rings (SSSR count). The topological polar surface area (TPSA) is 54.0 Å². The highest BCUT2D eigenvalue weighted by molar-refractivity contribution is 5.75. The number of ether oxygens (including phenoxy) is 4. The zero-order chi connectivity index (χ0) is 26.5. The third kappa shape index (κ3) is 9.16. The molecule has 0 aliphatic carbocycles. The third-order valence-electron chi connectivity index (χ3n) is 6.09. The van der Waals surface area contributed by atoms with Gasteiger partial charge in [0.25, 0.3) is 0 Å². The molecule has 0 radical (unpaired) electrons. The summed E-state index contributed by atoms with van der Waals surface area (Å²) in [5.41, 5.74) is 3.02. The van der Waals surface area contributed by atoms with E-state index in [9.17, 15) is 4.79 Å². The van der Waals surface area contributed by atoms with Crippen molar-refractivity contribution in [3.05, 3.63) is 78.4 Å². The fourth-order valence-corrected chi connectivity index (χ4v) is 4.01. The Hall–Kier alpha value is -3.47. The molecule has 5 nitrogen and oxygen atoms in total. The average Bonchev–Trinajstić information content (AvgIpc) is 2.91. The summed E-state index contributed by atoms with van der Waals surface area (Å²) in [6.45, 7) is 8.51. The summed E-state index contributed by atoms with van der Waals surface area (Å²) in [7, 11) is 0. The Morgan fingerprint density at radius 2 is 1.51 bits per heavy atom. The van der Waals surface area contributed by atoms with Crippen LogP contribution in [0.15, 0.2) is 72.8 Å². The van der Waals surface area contributed by atoms with E-state index in [1.54, 1.807) is 13.8 Å². The Balaban J connectivity index is 1.73. The molecular formula is C32H40O5. The van der Waals surface area contributed by atoms with E-state index in [-0.39, 0.29) is 6.10 Å². The van der Waals surface area contributed by atoms with Crippen LogP contribution in [0.5, 0.6) is 17.2 Å². The zero-order valence-corrected chi connectivity index (χ0v) is 22.6. The van der Waals surface area contributed by atoms with Crippen LogP contribution in [-0.2, 0) is 16.1 Å². The van der Waals surface area contributed by atoms with Crippen LogP contribution in [0.25, 0.3) is 11.1 Å². The molecular weight excluding hydrogens is 464 g/mol. The molecule has 0 aromatic heterocycles. The van der Waals surface area contributed by atoms with Gasteiger partial charge >= 0.3 is 5.97 Å². The lowest BCUT2D eigenvalue weighted by Crippen LogP contribution is -2.26. The first-order valence-electron chi connectivity index (χ1n) is 13.4. The molecule has 2 atom stereocenters. The lowest BCUT2D eigenvalue weighted by molar-refractivity contribution is -0.150. The highest BCUT2D eigenvalue weighted by atomic mass is 16.6. The van der Waals surface area contributed by atoms with Crippen LogP contribution in [0.3, 0.4) is 0 Å². The second-order valence-electron chi connectivity index (χ2n) is 9.25. The van der Waals surface area contributed by atoms with E-state index < -0.39 is 12.1 Å². The van der Waals surface area contributed by atoms with Gasteiger partial charge in [-0.25, -0.2) is 4.79 Å². The van der Waals surface area contributed by atoms with Gasteiger partial charge in [0.2, 0.25) is 0 Å². The van der Waals surface area contributed by atoms with Crippen molar-refractivity contribution in [2.75, 3.05) is 6.61 Å². The van der Waals surface area contributed by atoms with Gasteiger partial charge in [0, 0.05) is 0 Å². The predicted molar refractivity (Wildman–Crippen MR) is 148 cm³/mol. The van der Waals surface area contributed by atoms with Crippen molar-refractivity contribution >= 4 is 5.97 Å². The first kappa shape index (κ1) is 28.1. The molecule has 0 unspecified atom stereocenters. The second kappa shape index (κ2) is 14.9. The Labute approximate surface area is 221 Å². The summed E-state index contributed by atoms with van der Waals surface area (Å²) in [4.78, 5) is 12.2. The summed E-state index contributed by atoms with van der Waals surface area (Å²) < 4.78 is 23.3. The molecule has 0 amide bonds. The van der Waals surface area contributed by atoms with Crippen molar-refractivity contribution < 1.29 is 23.7 Å². The molecule has 0 saturated carbocycles. The van der Waals surface area contributed by atoms with Crippen molar-refractivity contribution in [2.24, 2.45) is 0 Å². The standard InChI is InChI=1S/C32H40O5/c1-5-7-8-10-13-24(3)36-29-19-16-27(17-20-29)28-18-21-30(35-23-26-14-11-9-12-15-26)31(22-28)37-25(4)32(33)34-6-2/h9,11-12,14-22,24-25H,5-8,10,13,23H2,1-4H3/t24-,25-/m1/s1. The summed E-state index contributed by atoms with van der Waals surface area (Å²) in [5.74, 6) is 1.52. The average molecular weight is 505 g/mol. The van der Waals surface area contributed by atoms with Gasteiger partial charge in [-0.1, -0.05) is 74.7 Å². The number of benzene rings is 3. The van der Waals surface area contributed by atoms with Crippen LogP contribution in [0.4, 0.5) is 0 Å². The van der Waals surface area contributed by atoms with E-state index in [2.05, 4.69) is 13.8 Å². The fourth-order valence-electron chi connectivity index (χ4n) is 4.01. The molecule has 0 bridgehead atoms. The van der Waals surface area contributed by atoms with E-state index in [1.807, 2.05) is 72.8 Å². The Morgan fingerprint density at radius 1 is 0.784 bits per heavy atom. The molecule has 3 aromatic carbocycles. The van der Waals surface area contributed by atoms with Gasteiger partial charge in [0.1, 0.15) is 12.4 Å². The van der Waals surface area contributed by atoms with Gasteiger partial charge in [0.05, 0.1) is 12.7 Å². The number of hydrogen-bond acceptors (Lipinski definition) is 5. The van der Waals surface area contributed by atoms with Crippen LogP contribution in [0, 0.1) is 0 Å². The monoisotopic (exact) mass is 504 g/mol. The summed E-state index contributed by atoms with van der Waals surface area (Å²) in [6.07, 6.45) is 5.46. The molecule has 0 saturated heterocycles. The van der Waals surface area contributed by atoms with Crippen molar-refractivity contribution in [1.29, 1.82) is 0 Å². The van der Waals surface area contributed by atoms with E-state index in [0.29, 0.717) is 24.7 Å². The number of carbonyl (C=O) groups is 1. The fraction of sp³-hybridized carbons (Fsp3) is 0.406. The molecule has 0 N–H and O–H groups in total. The maximum atomic E-state index is 12.2. The normalized spacial score (nSPS) is 12.4. The zero-order valence-electron chi connectivity index (χ0n) is 22.6. The maximum absolute atomic E-state index is 12.2. The SMILES string of the molecule is CCCCCC[C@@H](C)Oc1ccc(-c2ccc(OCc3ccccc3)c(O[C@H](C)C(=O)OCC)c2)cc1. The predicted octanol–water partition coefficient (Wildman–Crippen LogP) is 8.00. The highest BCUT2D eigenvalue weighted by Crippen LogP contribution is 2.35. The van der Waals surface area contributed by atoms with Crippen LogP contribution in [-0.4, -0.2) is 24.8 Å². The molecule has 0 aliphatic rings. The van der Waals surface area contributed by atoms with E-state index in [1.165, 1.54) is 25.7 Å². The second-order valence-corrected chi connectivity index (χ2v) is 9.25. The van der Waals surface area contributed by atoms with Crippen LogP contribution < -0.4 is 14.2 Å². The van der Waals surface area contributed by atoms with Gasteiger partial charge in [-0.2, -0.15) is 0 Å². The highest BCUT2D eigenvalue weighted by Gasteiger charge is 2.19. The van der Waals surface area contributed by atoms with Gasteiger partial charge < -0.3 is 18.9 Å². The molecule has 198 valence electrons. The Morgan fingerprint density at radius 3 is 2.22 bits per heavy atom. The molecule has 0 fully saturated rings. The van der Waals surface area contributed by atoms with E-state index >= 15 is 0 Å². The minimum Gasteiger partial charge on any atom is -0.491 e. The number of rotatable bonds is 15. The summed E-state index contributed by atoms with van der Waals surface area (Å²) >= 11 is 0. The maximum Gasteiger partial charge on any atom is 0.347 e. The first-order chi connectivity index (χ1) is 18.0. The minimum atomic E-state index is -0.760. The van der Waals surface area contributed by atoms with Crippen LogP contribution in [0.1, 0.15) is 65.4 Å². The van der Waals surface area contributed by atoms with E-state index in [4.69, 9.17) is 18.9 Å². The molecule has 0 heterocycles. The Bertz CT molecular complexity index is 1080. The van der Waals surface area contributed by atoms with Gasteiger partial charge in [-0.05, 0) is 74.6 Å². The van der Waals surface area contributed by atoms with Gasteiger partial charge in [0.15, 0.2) is 17.6 Å². The smallest absolute Gasteiger partial charge is 0.347 e. The molecule has 37 heavy (non-hydrogen) atoms. The number of esters is 1. The van der Waals surface area contributed by atoms with Gasteiger partial charge in [-0.15, -0.1) is 0 Å². The van der Waals surface area contributed by atoms with Crippen LogP contribution in [0.2, 0.25) is 0 Å². The molecule has 5 heteroatoms. The minimum absolute atomic E-state index is 0.188.